The van der Waals surface area contributed by atoms with Crippen LogP contribution in [0.2, 0.25) is 0 Å². The standard InChI is InChI=1S/C27H28N2O2S/c30-26(28-17-9-14-21-10-3-1-4-11-21)25(20-32-19-22-12-5-2-6-13-22)29-18-23-15-7-8-16-24(23)27(29)31/h1-8,10-13,15-16,25H,9,14,17-20H2,(H,28,30)/t25-/m0/s1. The number of aryl methyl sites for hydroxylation is 1. The molecular formula is C27H28N2O2S. The van der Waals surface area contributed by atoms with Crippen LogP contribution in [0.15, 0.2) is 84.9 Å². The first kappa shape index (κ1) is 22.2. The molecule has 1 aliphatic rings. The fourth-order valence-electron chi connectivity index (χ4n) is 3.97. The SMILES string of the molecule is O=C(NCCCc1ccccc1)[C@H](CSCc1ccccc1)N1Cc2ccccc2C1=O. The molecule has 32 heavy (non-hydrogen) atoms. The van der Waals surface area contributed by atoms with Crippen molar-refractivity contribution in [2.24, 2.45) is 0 Å². The third-order valence-corrected chi connectivity index (χ3v) is 6.79. The maximum absolute atomic E-state index is 13.2. The van der Waals surface area contributed by atoms with Crippen molar-refractivity contribution in [1.29, 1.82) is 0 Å². The van der Waals surface area contributed by atoms with Crippen LogP contribution in [0.25, 0.3) is 0 Å². The highest BCUT2D eigenvalue weighted by Crippen LogP contribution is 2.26. The van der Waals surface area contributed by atoms with Crippen LogP contribution in [-0.4, -0.2) is 35.1 Å². The molecule has 0 spiro atoms. The summed E-state index contributed by atoms with van der Waals surface area (Å²) in [6.07, 6.45) is 1.79. The molecule has 0 saturated heterocycles. The molecule has 3 aromatic rings. The molecule has 3 aromatic carbocycles. The van der Waals surface area contributed by atoms with Crippen LogP contribution < -0.4 is 5.32 Å². The maximum Gasteiger partial charge on any atom is 0.255 e. The van der Waals surface area contributed by atoms with Gasteiger partial charge in [0.15, 0.2) is 0 Å². The van der Waals surface area contributed by atoms with Gasteiger partial charge in [-0.3, -0.25) is 9.59 Å². The lowest BCUT2D eigenvalue weighted by Crippen LogP contribution is -2.48. The minimum Gasteiger partial charge on any atom is -0.354 e. The molecule has 4 rings (SSSR count). The third-order valence-electron chi connectivity index (χ3n) is 5.70. The second-order valence-corrected chi connectivity index (χ2v) is 9.02. The van der Waals surface area contributed by atoms with Gasteiger partial charge in [-0.15, -0.1) is 0 Å². The van der Waals surface area contributed by atoms with E-state index in [1.807, 2.05) is 60.7 Å². The molecular weight excluding hydrogens is 416 g/mol. The summed E-state index contributed by atoms with van der Waals surface area (Å²) in [6, 6.07) is 27.6. The second-order valence-electron chi connectivity index (χ2n) is 7.99. The molecule has 4 nitrogen and oxygen atoms in total. The van der Waals surface area contributed by atoms with Crippen LogP contribution >= 0.6 is 11.8 Å². The molecule has 0 fully saturated rings. The number of hydrogen-bond acceptors (Lipinski definition) is 3. The first-order valence-electron chi connectivity index (χ1n) is 11.0. The quantitative estimate of drug-likeness (QED) is 0.462. The highest BCUT2D eigenvalue weighted by atomic mass is 32.2. The Hall–Kier alpha value is -3.05. The molecule has 0 aliphatic carbocycles. The lowest BCUT2D eigenvalue weighted by molar-refractivity contribution is -0.125. The highest BCUT2D eigenvalue weighted by molar-refractivity contribution is 7.98. The van der Waals surface area contributed by atoms with Crippen LogP contribution in [0.3, 0.4) is 0 Å². The third kappa shape index (κ3) is 5.60. The van der Waals surface area contributed by atoms with Gasteiger partial charge in [-0.1, -0.05) is 78.9 Å². The molecule has 1 aliphatic heterocycles. The molecule has 0 saturated carbocycles. The van der Waals surface area contributed by atoms with E-state index in [-0.39, 0.29) is 11.8 Å². The number of carbonyl (C=O) groups excluding carboxylic acids is 2. The lowest BCUT2D eigenvalue weighted by atomic mass is 10.1. The van der Waals surface area contributed by atoms with E-state index in [1.165, 1.54) is 11.1 Å². The average Bonchev–Trinajstić information content (AvgIpc) is 3.17. The minimum atomic E-state index is -0.486. The van der Waals surface area contributed by atoms with Crippen molar-refractivity contribution in [1.82, 2.24) is 10.2 Å². The van der Waals surface area contributed by atoms with Crippen molar-refractivity contribution in [3.63, 3.8) is 0 Å². The average molecular weight is 445 g/mol. The van der Waals surface area contributed by atoms with Crippen LogP contribution in [0.1, 0.15) is 33.5 Å². The number of carbonyl (C=O) groups is 2. The lowest BCUT2D eigenvalue weighted by Gasteiger charge is -2.27. The number of benzene rings is 3. The summed E-state index contributed by atoms with van der Waals surface area (Å²) in [7, 11) is 0. The van der Waals surface area contributed by atoms with Gasteiger partial charge >= 0.3 is 0 Å². The van der Waals surface area contributed by atoms with Crippen molar-refractivity contribution < 1.29 is 9.59 Å². The van der Waals surface area contributed by atoms with E-state index in [0.717, 1.165) is 24.2 Å². The summed E-state index contributed by atoms with van der Waals surface area (Å²) in [6.45, 7) is 1.09. The van der Waals surface area contributed by atoms with Crippen LogP contribution in [0, 0.1) is 0 Å². The molecule has 1 heterocycles. The number of fused-ring (bicyclic) bond motifs is 1. The van der Waals surface area contributed by atoms with Gasteiger partial charge in [-0.2, -0.15) is 11.8 Å². The van der Waals surface area contributed by atoms with E-state index in [4.69, 9.17) is 0 Å². The molecule has 0 aromatic heterocycles. The summed E-state index contributed by atoms with van der Waals surface area (Å²) in [5.41, 5.74) is 4.19. The molecule has 1 N–H and O–H groups in total. The van der Waals surface area contributed by atoms with E-state index >= 15 is 0 Å². The number of nitrogens with one attached hydrogen (secondary N) is 1. The van der Waals surface area contributed by atoms with E-state index in [0.29, 0.717) is 24.4 Å². The Morgan fingerprint density at radius 2 is 1.56 bits per heavy atom. The van der Waals surface area contributed by atoms with Gasteiger partial charge in [0.05, 0.1) is 0 Å². The number of nitrogens with zero attached hydrogens (tertiary/aromatic N) is 1. The maximum atomic E-state index is 13.2. The fraction of sp³-hybridized carbons (Fsp3) is 0.259. The highest BCUT2D eigenvalue weighted by Gasteiger charge is 2.35. The van der Waals surface area contributed by atoms with E-state index in [2.05, 4.69) is 29.6 Å². The predicted molar refractivity (Wildman–Crippen MR) is 130 cm³/mol. The molecule has 2 amide bonds. The Morgan fingerprint density at radius 3 is 2.28 bits per heavy atom. The normalized spacial score (nSPS) is 13.6. The molecule has 0 radical (unpaired) electrons. The number of hydrogen-bond donors (Lipinski definition) is 1. The van der Waals surface area contributed by atoms with E-state index in [1.54, 1.807) is 16.7 Å². The summed E-state index contributed by atoms with van der Waals surface area (Å²) < 4.78 is 0. The topological polar surface area (TPSA) is 49.4 Å². The second kappa shape index (κ2) is 11.0. The van der Waals surface area contributed by atoms with Crippen molar-refractivity contribution in [3.05, 3.63) is 107 Å². The number of amides is 2. The van der Waals surface area contributed by atoms with Gasteiger partial charge in [0.25, 0.3) is 5.91 Å². The zero-order chi connectivity index (χ0) is 22.2. The molecule has 164 valence electrons. The van der Waals surface area contributed by atoms with E-state index in [9.17, 15) is 9.59 Å². The Kier molecular flexibility index (Phi) is 7.62. The molecule has 0 bridgehead atoms. The van der Waals surface area contributed by atoms with Gasteiger partial charge in [0.2, 0.25) is 5.91 Å². The Balaban J connectivity index is 1.37. The smallest absolute Gasteiger partial charge is 0.255 e. The predicted octanol–water partition coefficient (Wildman–Crippen LogP) is 4.69. The summed E-state index contributed by atoms with van der Waals surface area (Å²) in [4.78, 5) is 27.9. The fourth-order valence-corrected chi connectivity index (χ4v) is 5.07. The largest absolute Gasteiger partial charge is 0.354 e. The molecule has 1 atom stereocenters. The molecule has 0 unspecified atom stereocenters. The monoisotopic (exact) mass is 444 g/mol. The zero-order valence-electron chi connectivity index (χ0n) is 18.1. The Bertz CT molecular complexity index is 1040. The first-order valence-corrected chi connectivity index (χ1v) is 12.2. The van der Waals surface area contributed by atoms with Gasteiger partial charge in [-0.25, -0.2) is 0 Å². The van der Waals surface area contributed by atoms with Crippen LogP contribution in [0.5, 0.6) is 0 Å². The van der Waals surface area contributed by atoms with Crippen molar-refractivity contribution >= 4 is 23.6 Å². The van der Waals surface area contributed by atoms with Gasteiger partial charge in [0.1, 0.15) is 6.04 Å². The zero-order valence-corrected chi connectivity index (χ0v) is 18.9. The number of rotatable bonds is 10. The van der Waals surface area contributed by atoms with Crippen LogP contribution in [0.4, 0.5) is 0 Å². The molecule has 5 heteroatoms. The van der Waals surface area contributed by atoms with Gasteiger partial charge < -0.3 is 10.2 Å². The van der Waals surface area contributed by atoms with Crippen molar-refractivity contribution in [3.8, 4) is 0 Å². The van der Waals surface area contributed by atoms with Crippen molar-refractivity contribution in [2.75, 3.05) is 12.3 Å². The summed E-state index contributed by atoms with van der Waals surface area (Å²) in [5.74, 6) is 1.26. The van der Waals surface area contributed by atoms with Crippen molar-refractivity contribution in [2.45, 2.75) is 31.2 Å². The number of thioether (sulfide) groups is 1. The Morgan fingerprint density at radius 1 is 0.906 bits per heavy atom. The van der Waals surface area contributed by atoms with E-state index < -0.39 is 6.04 Å². The van der Waals surface area contributed by atoms with Gasteiger partial charge in [0, 0.05) is 30.2 Å². The minimum absolute atomic E-state index is 0.0506. The first-order chi connectivity index (χ1) is 15.7. The Labute approximate surface area is 194 Å². The summed E-state index contributed by atoms with van der Waals surface area (Å²) >= 11 is 1.69. The van der Waals surface area contributed by atoms with Crippen LogP contribution in [-0.2, 0) is 23.5 Å². The van der Waals surface area contributed by atoms with Gasteiger partial charge in [-0.05, 0) is 35.6 Å². The summed E-state index contributed by atoms with van der Waals surface area (Å²) in [5, 5.41) is 3.08.